The molecule has 2 aromatic rings. The maximum atomic E-state index is 13.9. The number of likely N-dealkylation sites (N-methyl/N-ethyl adjacent to an activating group) is 1. The molecule has 2 rings (SSSR count). The van der Waals surface area contributed by atoms with Crippen molar-refractivity contribution in [2.45, 2.75) is 18.9 Å². The number of rotatable bonds is 10. The second-order valence-corrected chi connectivity index (χ2v) is 6.34. The van der Waals surface area contributed by atoms with Crippen LogP contribution in [0.25, 0.3) is 0 Å². The smallest absolute Gasteiger partial charge is 0.257 e. The van der Waals surface area contributed by atoms with Crippen LogP contribution in [0.1, 0.15) is 30.1 Å². The summed E-state index contributed by atoms with van der Waals surface area (Å²) in [4.78, 5) is 11.2. The van der Waals surface area contributed by atoms with Gasteiger partial charge in [-0.25, -0.2) is 4.39 Å². The van der Waals surface area contributed by atoms with E-state index >= 15 is 0 Å². The SMILES string of the molecule is CNC(=O)COc1ccc(C(C)CNCC(OC)c2ccccc2F)cc1.Cl. The van der Waals surface area contributed by atoms with Gasteiger partial charge in [-0.05, 0) is 29.7 Å². The number of carbonyl (C=O) groups is 1. The minimum absolute atomic E-state index is 0. The summed E-state index contributed by atoms with van der Waals surface area (Å²) in [5.41, 5.74) is 1.70. The van der Waals surface area contributed by atoms with Gasteiger partial charge in [-0.3, -0.25) is 4.79 Å². The maximum absolute atomic E-state index is 13.9. The molecule has 5 nitrogen and oxygen atoms in total. The predicted molar refractivity (Wildman–Crippen MR) is 111 cm³/mol. The van der Waals surface area contributed by atoms with Crippen LogP contribution in [0.3, 0.4) is 0 Å². The zero-order valence-corrected chi connectivity index (χ0v) is 17.2. The fourth-order valence-corrected chi connectivity index (χ4v) is 2.72. The normalized spacial score (nSPS) is 12.6. The summed E-state index contributed by atoms with van der Waals surface area (Å²) >= 11 is 0. The molecule has 154 valence electrons. The molecule has 1 amide bonds. The molecule has 0 aliphatic carbocycles. The minimum Gasteiger partial charge on any atom is -0.484 e. The van der Waals surface area contributed by atoms with Gasteiger partial charge in [-0.2, -0.15) is 0 Å². The molecule has 0 heterocycles. The molecular formula is C21H28ClFN2O3. The van der Waals surface area contributed by atoms with Gasteiger partial charge < -0.3 is 20.1 Å². The highest BCUT2D eigenvalue weighted by atomic mass is 35.5. The standard InChI is InChI=1S/C21H27FN2O3.ClH/c1-15(16-8-10-17(11-9-16)27-14-21(25)23-2)12-24-13-20(26-3)18-6-4-5-7-19(18)22;/h4-11,15,20,24H,12-14H2,1-3H3,(H,23,25);1H. The highest BCUT2D eigenvalue weighted by molar-refractivity contribution is 5.85. The topological polar surface area (TPSA) is 59.6 Å². The van der Waals surface area contributed by atoms with Crippen molar-refractivity contribution in [2.24, 2.45) is 0 Å². The lowest BCUT2D eigenvalue weighted by Crippen LogP contribution is -2.27. The molecule has 0 bridgehead atoms. The third-order valence-electron chi connectivity index (χ3n) is 4.41. The molecule has 0 aliphatic heterocycles. The fraction of sp³-hybridized carbons (Fsp3) is 0.381. The Balaban J connectivity index is 0.00000392. The number of amides is 1. The summed E-state index contributed by atoms with van der Waals surface area (Å²) in [6.07, 6.45) is -0.334. The Morgan fingerprint density at radius 1 is 1.11 bits per heavy atom. The number of benzene rings is 2. The van der Waals surface area contributed by atoms with Crippen molar-refractivity contribution < 1.29 is 18.7 Å². The number of hydrogen-bond donors (Lipinski definition) is 2. The molecule has 0 fully saturated rings. The van der Waals surface area contributed by atoms with E-state index < -0.39 is 0 Å². The number of ether oxygens (including phenoxy) is 2. The lowest BCUT2D eigenvalue weighted by Gasteiger charge is -2.19. The molecule has 0 spiro atoms. The Hall–Kier alpha value is -2.15. The number of methoxy groups -OCH3 is 1. The van der Waals surface area contributed by atoms with Crippen molar-refractivity contribution in [1.29, 1.82) is 0 Å². The predicted octanol–water partition coefficient (Wildman–Crippen LogP) is 3.45. The van der Waals surface area contributed by atoms with Crippen molar-refractivity contribution in [2.75, 3.05) is 33.9 Å². The molecule has 0 saturated heterocycles. The molecule has 28 heavy (non-hydrogen) atoms. The molecule has 0 aromatic heterocycles. The Bertz CT molecular complexity index is 728. The maximum Gasteiger partial charge on any atom is 0.257 e. The zero-order valence-electron chi connectivity index (χ0n) is 16.4. The van der Waals surface area contributed by atoms with Crippen LogP contribution in [-0.2, 0) is 9.53 Å². The average molecular weight is 411 g/mol. The van der Waals surface area contributed by atoms with Crippen LogP contribution in [0, 0.1) is 5.82 Å². The minimum atomic E-state index is -0.334. The molecule has 0 aliphatic rings. The van der Waals surface area contributed by atoms with E-state index in [0.29, 0.717) is 17.9 Å². The quantitative estimate of drug-likeness (QED) is 0.629. The van der Waals surface area contributed by atoms with E-state index in [1.165, 1.54) is 6.07 Å². The van der Waals surface area contributed by atoms with E-state index in [0.717, 1.165) is 12.1 Å². The van der Waals surface area contributed by atoms with E-state index in [2.05, 4.69) is 17.6 Å². The van der Waals surface area contributed by atoms with Gasteiger partial charge in [-0.15, -0.1) is 12.4 Å². The Morgan fingerprint density at radius 2 is 1.79 bits per heavy atom. The Morgan fingerprint density at radius 3 is 2.39 bits per heavy atom. The van der Waals surface area contributed by atoms with Crippen LogP contribution >= 0.6 is 12.4 Å². The Kier molecular flexibility index (Phi) is 10.5. The highest BCUT2D eigenvalue weighted by Gasteiger charge is 2.15. The van der Waals surface area contributed by atoms with Crippen molar-refractivity contribution in [3.63, 3.8) is 0 Å². The zero-order chi connectivity index (χ0) is 19.6. The van der Waals surface area contributed by atoms with Gasteiger partial charge >= 0.3 is 0 Å². The van der Waals surface area contributed by atoms with Crippen molar-refractivity contribution in [3.05, 3.63) is 65.5 Å². The number of hydrogen-bond acceptors (Lipinski definition) is 4. The highest BCUT2D eigenvalue weighted by Crippen LogP contribution is 2.21. The number of nitrogens with one attached hydrogen (secondary N) is 2. The summed E-state index contributed by atoms with van der Waals surface area (Å²) in [5, 5.41) is 5.86. The summed E-state index contributed by atoms with van der Waals surface area (Å²) in [6, 6.07) is 14.3. The van der Waals surface area contributed by atoms with Gasteiger partial charge in [0.25, 0.3) is 5.91 Å². The third kappa shape index (κ3) is 7.11. The van der Waals surface area contributed by atoms with Crippen molar-refractivity contribution in [3.8, 4) is 5.75 Å². The van der Waals surface area contributed by atoms with Gasteiger partial charge in [0.2, 0.25) is 0 Å². The van der Waals surface area contributed by atoms with Crippen LogP contribution < -0.4 is 15.4 Å². The summed E-state index contributed by atoms with van der Waals surface area (Å²) in [7, 11) is 3.16. The average Bonchev–Trinajstić information content (AvgIpc) is 2.70. The van der Waals surface area contributed by atoms with Gasteiger partial charge in [0.05, 0.1) is 6.10 Å². The largest absolute Gasteiger partial charge is 0.484 e. The molecule has 0 saturated carbocycles. The first-order valence-electron chi connectivity index (χ1n) is 8.96. The van der Waals surface area contributed by atoms with Gasteiger partial charge in [0, 0.05) is 32.8 Å². The first-order valence-corrected chi connectivity index (χ1v) is 8.96. The van der Waals surface area contributed by atoms with Crippen molar-refractivity contribution >= 4 is 18.3 Å². The number of carbonyl (C=O) groups excluding carboxylic acids is 1. The summed E-state index contributed by atoms with van der Waals surface area (Å²) in [5.74, 6) is 0.489. The van der Waals surface area contributed by atoms with Crippen LogP contribution in [0.5, 0.6) is 5.75 Å². The molecule has 2 unspecified atom stereocenters. The second-order valence-electron chi connectivity index (χ2n) is 6.34. The second kappa shape index (κ2) is 12.3. The Labute approximate surface area is 172 Å². The molecule has 2 N–H and O–H groups in total. The monoisotopic (exact) mass is 410 g/mol. The van der Waals surface area contributed by atoms with E-state index in [1.807, 2.05) is 24.3 Å². The van der Waals surface area contributed by atoms with E-state index in [4.69, 9.17) is 9.47 Å². The van der Waals surface area contributed by atoms with Gasteiger partial charge in [-0.1, -0.05) is 37.3 Å². The lowest BCUT2D eigenvalue weighted by atomic mass is 10.0. The number of halogens is 2. The first kappa shape index (κ1) is 23.9. The first-order chi connectivity index (χ1) is 13.0. The molecule has 2 atom stereocenters. The lowest BCUT2D eigenvalue weighted by molar-refractivity contribution is -0.122. The molecular weight excluding hydrogens is 383 g/mol. The fourth-order valence-electron chi connectivity index (χ4n) is 2.72. The van der Waals surface area contributed by atoms with Crippen LogP contribution in [-0.4, -0.2) is 39.8 Å². The molecule has 0 radical (unpaired) electrons. The molecule has 2 aromatic carbocycles. The molecule has 7 heteroatoms. The van der Waals surface area contributed by atoms with Crippen LogP contribution in [0.2, 0.25) is 0 Å². The summed E-state index contributed by atoms with van der Waals surface area (Å²) < 4.78 is 24.7. The van der Waals surface area contributed by atoms with Crippen LogP contribution in [0.4, 0.5) is 4.39 Å². The summed E-state index contributed by atoms with van der Waals surface area (Å²) in [6.45, 7) is 3.36. The van der Waals surface area contributed by atoms with E-state index in [9.17, 15) is 9.18 Å². The van der Waals surface area contributed by atoms with Gasteiger partial charge in [0.15, 0.2) is 6.61 Å². The van der Waals surface area contributed by atoms with Crippen LogP contribution in [0.15, 0.2) is 48.5 Å². The van der Waals surface area contributed by atoms with E-state index in [-0.39, 0.29) is 42.8 Å². The van der Waals surface area contributed by atoms with Crippen molar-refractivity contribution in [1.82, 2.24) is 10.6 Å². The third-order valence-corrected chi connectivity index (χ3v) is 4.41. The van der Waals surface area contributed by atoms with Gasteiger partial charge in [0.1, 0.15) is 11.6 Å². The van der Waals surface area contributed by atoms with E-state index in [1.54, 1.807) is 32.4 Å².